The van der Waals surface area contributed by atoms with E-state index < -0.39 is 23.4 Å². The van der Waals surface area contributed by atoms with Gasteiger partial charge in [-0.2, -0.15) is 0 Å². The average molecular weight is 424 g/mol. The van der Waals surface area contributed by atoms with Crippen LogP contribution < -0.4 is 22.0 Å². The Labute approximate surface area is 176 Å². The van der Waals surface area contributed by atoms with E-state index in [1.54, 1.807) is 36.4 Å². The number of urea groups is 1. The number of fused-ring (bicyclic) bond motifs is 1. The van der Waals surface area contributed by atoms with Crippen LogP contribution in [0.25, 0.3) is 10.9 Å². The summed E-state index contributed by atoms with van der Waals surface area (Å²) in [5, 5.41) is 5.38. The van der Waals surface area contributed by atoms with Crippen molar-refractivity contribution in [3.8, 4) is 0 Å². The van der Waals surface area contributed by atoms with Gasteiger partial charge in [-0.3, -0.25) is 9.88 Å². The molecular weight excluding hydrogens is 404 g/mol. The van der Waals surface area contributed by atoms with E-state index in [-0.39, 0.29) is 31.1 Å². The van der Waals surface area contributed by atoms with Crippen molar-refractivity contribution in [3.05, 3.63) is 81.3 Å². The van der Waals surface area contributed by atoms with Gasteiger partial charge in [0, 0.05) is 11.8 Å². The summed E-state index contributed by atoms with van der Waals surface area (Å²) < 4.78 is 11.0. The van der Waals surface area contributed by atoms with Crippen LogP contribution in [0.3, 0.4) is 0 Å². The fourth-order valence-corrected chi connectivity index (χ4v) is 2.73. The van der Waals surface area contributed by atoms with Gasteiger partial charge in [-0.1, -0.05) is 18.7 Å². The number of amides is 2. The maximum Gasteiger partial charge on any atom is 0.422 e. The summed E-state index contributed by atoms with van der Waals surface area (Å²) in [5.41, 5.74) is 0.675. The minimum Gasteiger partial charge on any atom is -0.460 e. The van der Waals surface area contributed by atoms with Crippen LogP contribution in [0.2, 0.25) is 0 Å². The standard InChI is InChI=1S/C21H20N4O6/c1-13(2)18(26)30-10-9-23-20(28)24-17-11-14(7-8-22-17)12-25-16-6-4-3-5-15(16)19(27)31-21(25)29/h3-8,11H,1,9-10,12H2,2H3,(H2,22,23,24,28). The molecule has 31 heavy (non-hydrogen) atoms. The predicted octanol–water partition coefficient (Wildman–Crippen LogP) is 1.64. The number of aromatic nitrogens is 2. The van der Waals surface area contributed by atoms with Crippen LogP contribution in [-0.2, 0) is 16.1 Å². The number of esters is 1. The molecule has 0 unspecified atom stereocenters. The maximum atomic E-state index is 12.2. The van der Waals surface area contributed by atoms with Crippen LogP contribution >= 0.6 is 0 Å². The molecule has 3 rings (SSSR count). The van der Waals surface area contributed by atoms with Crippen LogP contribution in [0.1, 0.15) is 12.5 Å². The molecule has 0 saturated carbocycles. The third-order valence-electron chi connectivity index (χ3n) is 4.19. The number of benzene rings is 1. The van der Waals surface area contributed by atoms with E-state index in [1.807, 2.05) is 0 Å². The van der Waals surface area contributed by atoms with Crippen molar-refractivity contribution >= 4 is 28.7 Å². The van der Waals surface area contributed by atoms with Crippen molar-refractivity contribution in [2.45, 2.75) is 13.5 Å². The molecule has 2 aromatic heterocycles. The highest BCUT2D eigenvalue weighted by atomic mass is 16.5. The lowest BCUT2D eigenvalue weighted by Gasteiger charge is -2.10. The fraction of sp³-hybridized carbons (Fsp3) is 0.190. The Kier molecular flexibility index (Phi) is 6.61. The number of nitrogens with zero attached hydrogens (tertiary/aromatic N) is 2. The average Bonchev–Trinajstić information content (AvgIpc) is 2.74. The van der Waals surface area contributed by atoms with E-state index in [0.29, 0.717) is 16.5 Å². The Morgan fingerprint density at radius 3 is 2.77 bits per heavy atom. The monoisotopic (exact) mass is 424 g/mol. The van der Waals surface area contributed by atoms with Gasteiger partial charge >= 0.3 is 23.4 Å². The van der Waals surface area contributed by atoms with E-state index in [0.717, 1.165) is 0 Å². The molecule has 0 saturated heterocycles. The lowest BCUT2D eigenvalue weighted by Crippen LogP contribution is -2.32. The van der Waals surface area contributed by atoms with Crippen LogP contribution in [0.4, 0.5) is 10.6 Å². The number of rotatable bonds is 7. The molecule has 0 aliphatic carbocycles. The van der Waals surface area contributed by atoms with Gasteiger partial charge in [-0.05, 0) is 36.8 Å². The van der Waals surface area contributed by atoms with Crippen LogP contribution in [0, 0.1) is 0 Å². The molecule has 0 aliphatic rings. The summed E-state index contributed by atoms with van der Waals surface area (Å²) >= 11 is 0. The van der Waals surface area contributed by atoms with Gasteiger partial charge < -0.3 is 14.5 Å². The summed E-state index contributed by atoms with van der Waals surface area (Å²) in [6.07, 6.45) is 1.48. The Hall–Kier alpha value is -4.21. The largest absolute Gasteiger partial charge is 0.460 e. The first-order chi connectivity index (χ1) is 14.8. The van der Waals surface area contributed by atoms with Gasteiger partial charge in [0.2, 0.25) is 0 Å². The second kappa shape index (κ2) is 9.53. The Bertz CT molecular complexity index is 1260. The fourth-order valence-electron chi connectivity index (χ4n) is 2.73. The van der Waals surface area contributed by atoms with Gasteiger partial charge in [0.1, 0.15) is 12.4 Å². The molecule has 160 valence electrons. The number of anilines is 1. The molecule has 1 aromatic carbocycles. The number of carbonyl (C=O) groups is 2. The highest BCUT2D eigenvalue weighted by Crippen LogP contribution is 2.12. The highest BCUT2D eigenvalue weighted by Gasteiger charge is 2.11. The molecule has 10 heteroatoms. The minimum atomic E-state index is -0.780. The summed E-state index contributed by atoms with van der Waals surface area (Å²) in [7, 11) is 0. The number of carbonyl (C=O) groups excluding carboxylic acids is 2. The van der Waals surface area contributed by atoms with Crippen LogP contribution in [0.15, 0.2) is 68.8 Å². The number of nitrogens with one attached hydrogen (secondary N) is 2. The quantitative estimate of drug-likeness (QED) is 0.335. The number of ether oxygens (including phenoxy) is 1. The normalized spacial score (nSPS) is 10.5. The van der Waals surface area contributed by atoms with E-state index >= 15 is 0 Å². The zero-order valence-corrected chi connectivity index (χ0v) is 16.7. The van der Waals surface area contributed by atoms with Crippen LogP contribution in [0.5, 0.6) is 0 Å². The van der Waals surface area contributed by atoms with E-state index in [9.17, 15) is 19.2 Å². The van der Waals surface area contributed by atoms with E-state index in [2.05, 4.69) is 22.2 Å². The molecule has 0 spiro atoms. The van der Waals surface area contributed by atoms with Crippen molar-refractivity contribution in [2.75, 3.05) is 18.5 Å². The number of para-hydroxylation sites is 1. The maximum absolute atomic E-state index is 12.2. The van der Waals surface area contributed by atoms with Crippen molar-refractivity contribution in [2.24, 2.45) is 0 Å². The van der Waals surface area contributed by atoms with E-state index in [1.165, 1.54) is 17.7 Å². The molecule has 2 amide bonds. The summed E-state index contributed by atoms with van der Waals surface area (Å²) in [4.78, 5) is 51.5. The van der Waals surface area contributed by atoms with Crippen molar-refractivity contribution in [1.82, 2.24) is 14.9 Å². The van der Waals surface area contributed by atoms with E-state index in [4.69, 9.17) is 9.15 Å². The molecule has 10 nitrogen and oxygen atoms in total. The first kappa shape index (κ1) is 21.5. The van der Waals surface area contributed by atoms with Gasteiger partial charge in [-0.25, -0.2) is 24.2 Å². The molecule has 2 N–H and O–H groups in total. The topological polar surface area (TPSA) is 133 Å². The molecule has 3 aromatic rings. The Balaban J connectivity index is 1.66. The summed E-state index contributed by atoms with van der Waals surface area (Å²) in [5.74, 6) is -1.06. The molecule has 0 bridgehead atoms. The lowest BCUT2D eigenvalue weighted by molar-refractivity contribution is -0.138. The highest BCUT2D eigenvalue weighted by molar-refractivity contribution is 5.88. The smallest absolute Gasteiger partial charge is 0.422 e. The van der Waals surface area contributed by atoms with Crippen molar-refractivity contribution < 1.29 is 18.7 Å². The number of hydrogen-bond acceptors (Lipinski definition) is 7. The zero-order chi connectivity index (χ0) is 22.4. The predicted molar refractivity (Wildman–Crippen MR) is 113 cm³/mol. The summed E-state index contributed by atoms with van der Waals surface area (Å²) in [6, 6.07) is 9.36. The summed E-state index contributed by atoms with van der Waals surface area (Å²) in [6.45, 7) is 5.21. The minimum absolute atomic E-state index is 0.00177. The number of pyridine rings is 1. The first-order valence-corrected chi connectivity index (χ1v) is 9.30. The third-order valence-corrected chi connectivity index (χ3v) is 4.19. The first-order valence-electron chi connectivity index (χ1n) is 9.30. The zero-order valence-electron chi connectivity index (χ0n) is 16.7. The van der Waals surface area contributed by atoms with Gasteiger partial charge in [-0.15, -0.1) is 0 Å². The van der Waals surface area contributed by atoms with Crippen molar-refractivity contribution in [3.63, 3.8) is 0 Å². The lowest BCUT2D eigenvalue weighted by atomic mass is 10.2. The molecule has 0 radical (unpaired) electrons. The molecule has 0 fully saturated rings. The molecule has 0 aliphatic heterocycles. The molecule has 2 heterocycles. The second-order valence-corrected chi connectivity index (χ2v) is 6.61. The van der Waals surface area contributed by atoms with Gasteiger partial charge in [0.05, 0.1) is 24.0 Å². The Morgan fingerprint density at radius 1 is 1.23 bits per heavy atom. The van der Waals surface area contributed by atoms with Gasteiger partial charge in [0.25, 0.3) is 0 Å². The number of hydrogen-bond donors (Lipinski definition) is 2. The molecule has 0 atom stereocenters. The molecular formula is C21H20N4O6. The SMILES string of the molecule is C=C(C)C(=O)OCCNC(=O)Nc1cc(Cn2c(=O)oc(=O)c3ccccc32)ccn1. The third kappa shape index (κ3) is 5.44. The van der Waals surface area contributed by atoms with Crippen molar-refractivity contribution in [1.29, 1.82) is 0 Å². The van der Waals surface area contributed by atoms with Gasteiger partial charge in [0.15, 0.2) is 0 Å². The Morgan fingerprint density at radius 2 is 2.00 bits per heavy atom. The van der Waals surface area contributed by atoms with Crippen LogP contribution in [-0.4, -0.2) is 34.7 Å². The second-order valence-electron chi connectivity index (χ2n) is 6.61.